The summed E-state index contributed by atoms with van der Waals surface area (Å²) in [6, 6.07) is 8.28. The average Bonchev–Trinajstić information content (AvgIpc) is 2.86. The predicted octanol–water partition coefficient (Wildman–Crippen LogP) is 1.19. The Morgan fingerprint density at radius 1 is 1.11 bits per heavy atom. The monoisotopic (exact) mass is 389 g/mol. The smallest absolute Gasteiger partial charge is 0.309 e. The first-order valence-corrected chi connectivity index (χ1v) is 10.0. The van der Waals surface area contributed by atoms with Crippen LogP contribution in [0.2, 0.25) is 0 Å². The molecule has 2 aliphatic heterocycles. The number of carboxylic acids is 1. The Balaban J connectivity index is 1.62. The molecule has 1 aromatic carbocycles. The zero-order valence-corrected chi connectivity index (χ0v) is 16.8. The molecule has 0 aromatic heterocycles. The summed E-state index contributed by atoms with van der Waals surface area (Å²) in [4.78, 5) is 29.3. The Kier molecular flexibility index (Phi) is 6.25. The molecule has 28 heavy (non-hydrogen) atoms. The van der Waals surface area contributed by atoms with Crippen LogP contribution in [0.15, 0.2) is 24.3 Å². The molecule has 0 bridgehead atoms. The van der Waals surface area contributed by atoms with Crippen molar-refractivity contribution in [2.24, 2.45) is 5.92 Å². The van der Waals surface area contributed by atoms with Crippen molar-refractivity contribution in [2.45, 2.75) is 32.3 Å². The van der Waals surface area contributed by atoms with Gasteiger partial charge in [-0.1, -0.05) is 18.2 Å². The van der Waals surface area contributed by atoms with Gasteiger partial charge in [-0.05, 0) is 31.4 Å². The topological polar surface area (TPSA) is 84.3 Å². The van der Waals surface area contributed by atoms with Crippen molar-refractivity contribution in [3.63, 3.8) is 0 Å². The number of hydrogen-bond acceptors (Lipinski definition) is 5. The molecule has 0 aliphatic carbocycles. The molecule has 0 unspecified atom stereocenters. The third-order valence-electron chi connectivity index (χ3n) is 6.07. The quantitative estimate of drug-likeness (QED) is 0.805. The summed E-state index contributed by atoms with van der Waals surface area (Å²) in [5.41, 5.74) is 1.62. The fraction of sp³-hybridized carbons (Fsp3) is 0.619. The number of hydrogen-bond donors (Lipinski definition) is 2. The van der Waals surface area contributed by atoms with Crippen molar-refractivity contribution in [1.82, 2.24) is 9.80 Å². The van der Waals surface area contributed by atoms with Gasteiger partial charge in [0.15, 0.2) is 0 Å². The van der Waals surface area contributed by atoms with E-state index in [1.54, 1.807) is 4.90 Å². The molecule has 2 saturated heterocycles. The molecule has 7 heteroatoms. The minimum Gasteiger partial charge on any atom is -0.481 e. The van der Waals surface area contributed by atoms with Gasteiger partial charge in [-0.3, -0.25) is 14.5 Å². The molecule has 2 fully saturated rings. The van der Waals surface area contributed by atoms with Crippen molar-refractivity contribution >= 4 is 17.6 Å². The number of β-amino-alcohol motifs (C(OH)–C–C–N with tert-alkyl or cyclic N) is 1. The van der Waals surface area contributed by atoms with Gasteiger partial charge in [0.05, 0.1) is 11.5 Å². The SMILES string of the molecule is CC(=O)N1CCN(CC2(O)CCN(c3ccccc3C)CC2)C[C@H](C(=O)O)C1. The van der Waals surface area contributed by atoms with Crippen LogP contribution in [0.5, 0.6) is 0 Å². The summed E-state index contributed by atoms with van der Waals surface area (Å²) in [7, 11) is 0. The summed E-state index contributed by atoms with van der Waals surface area (Å²) in [6.07, 6.45) is 1.29. The van der Waals surface area contributed by atoms with Crippen LogP contribution in [0.1, 0.15) is 25.3 Å². The number of aliphatic hydroxyl groups is 1. The highest BCUT2D eigenvalue weighted by molar-refractivity contribution is 5.75. The molecule has 3 rings (SSSR count). The minimum atomic E-state index is -0.889. The molecule has 1 aromatic rings. The molecular weight excluding hydrogens is 358 g/mol. The Bertz CT molecular complexity index is 715. The molecule has 1 atom stereocenters. The maximum Gasteiger partial charge on any atom is 0.309 e. The molecule has 154 valence electrons. The molecule has 2 heterocycles. The van der Waals surface area contributed by atoms with Crippen LogP contribution >= 0.6 is 0 Å². The number of carbonyl (C=O) groups excluding carboxylic acids is 1. The van der Waals surface area contributed by atoms with Crippen LogP contribution < -0.4 is 4.90 Å². The van der Waals surface area contributed by atoms with Crippen molar-refractivity contribution < 1.29 is 19.8 Å². The fourth-order valence-corrected chi connectivity index (χ4v) is 4.32. The van der Waals surface area contributed by atoms with E-state index in [-0.39, 0.29) is 12.5 Å². The third kappa shape index (κ3) is 4.83. The molecule has 0 radical (unpaired) electrons. The highest BCUT2D eigenvalue weighted by Gasteiger charge is 2.37. The summed E-state index contributed by atoms with van der Waals surface area (Å²) in [5.74, 6) is -1.61. The van der Waals surface area contributed by atoms with E-state index in [9.17, 15) is 19.8 Å². The molecule has 0 saturated carbocycles. The van der Waals surface area contributed by atoms with Gasteiger partial charge in [0.1, 0.15) is 0 Å². The van der Waals surface area contributed by atoms with Crippen LogP contribution in [0, 0.1) is 12.8 Å². The maximum absolute atomic E-state index is 11.7. The number of rotatable bonds is 4. The van der Waals surface area contributed by atoms with Gasteiger partial charge in [-0.2, -0.15) is 0 Å². The van der Waals surface area contributed by atoms with E-state index in [0.29, 0.717) is 39.0 Å². The number of amides is 1. The fourth-order valence-electron chi connectivity index (χ4n) is 4.32. The van der Waals surface area contributed by atoms with Crippen LogP contribution in [-0.4, -0.2) is 83.3 Å². The maximum atomic E-state index is 11.7. The Hall–Kier alpha value is -2.12. The first-order chi connectivity index (χ1) is 13.3. The minimum absolute atomic E-state index is 0.0987. The third-order valence-corrected chi connectivity index (χ3v) is 6.07. The second kappa shape index (κ2) is 8.49. The first-order valence-electron chi connectivity index (χ1n) is 10.0. The highest BCUT2D eigenvalue weighted by Crippen LogP contribution is 2.29. The van der Waals surface area contributed by atoms with Crippen LogP contribution in [0.3, 0.4) is 0 Å². The van der Waals surface area contributed by atoms with Crippen LogP contribution in [0.25, 0.3) is 0 Å². The summed E-state index contributed by atoms with van der Waals surface area (Å²) in [5, 5.41) is 20.7. The number of carboxylic acid groups (broad SMARTS) is 1. The lowest BCUT2D eigenvalue weighted by atomic mass is 9.90. The van der Waals surface area contributed by atoms with E-state index in [1.165, 1.54) is 18.2 Å². The van der Waals surface area contributed by atoms with Crippen molar-refractivity contribution in [3.8, 4) is 0 Å². The van der Waals surface area contributed by atoms with Gasteiger partial charge in [-0.15, -0.1) is 0 Å². The van der Waals surface area contributed by atoms with Gasteiger partial charge in [0, 0.05) is 58.4 Å². The van der Waals surface area contributed by atoms with Gasteiger partial charge < -0.3 is 20.0 Å². The molecular formula is C21H31N3O4. The highest BCUT2D eigenvalue weighted by atomic mass is 16.4. The molecule has 2 N–H and O–H groups in total. The van der Waals surface area contributed by atoms with E-state index in [1.807, 2.05) is 17.0 Å². The van der Waals surface area contributed by atoms with E-state index in [0.717, 1.165) is 13.1 Å². The summed E-state index contributed by atoms with van der Waals surface area (Å²) >= 11 is 0. The summed E-state index contributed by atoms with van der Waals surface area (Å²) < 4.78 is 0. The van der Waals surface area contributed by atoms with Crippen LogP contribution in [-0.2, 0) is 9.59 Å². The summed E-state index contributed by atoms with van der Waals surface area (Å²) in [6.45, 7) is 7.27. The van der Waals surface area contributed by atoms with Crippen molar-refractivity contribution in [3.05, 3.63) is 29.8 Å². The zero-order valence-electron chi connectivity index (χ0n) is 16.8. The van der Waals surface area contributed by atoms with Gasteiger partial charge >= 0.3 is 5.97 Å². The second-order valence-electron chi connectivity index (χ2n) is 8.23. The number of piperidine rings is 1. The second-order valence-corrected chi connectivity index (χ2v) is 8.23. The molecule has 7 nitrogen and oxygen atoms in total. The lowest BCUT2D eigenvalue weighted by Gasteiger charge is -2.42. The molecule has 0 spiro atoms. The van der Waals surface area contributed by atoms with E-state index in [2.05, 4.69) is 24.0 Å². The van der Waals surface area contributed by atoms with Crippen molar-refractivity contribution in [1.29, 1.82) is 0 Å². The number of nitrogens with zero attached hydrogens (tertiary/aromatic N) is 3. The Morgan fingerprint density at radius 3 is 2.39 bits per heavy atom. The number of para-hydroxylation sites is 1. The number of aliphatic carboxylic acids is 1. The van der Waals surface area contributed by atoms with Crippen molar-refractivity contribution in [2.75, 3.05) is 50.7 Å². The number of carbonyl (C=O) groups is 2. The Labute approximate surface area is 166 Å². The lowest BCUT2D eigenvalue weighted by Crippen LogP contribution is -2.52. The number of benzene rings is 1. The molecule has 2 aliphatic rings. The van der Waals surface area contributed by atoms with E-state index >= 15 is 0 Å². The van der Waals surface area contributed by atoms with E-state index < -0.39 is 17.5 Å². The number of anilines is 1. The van der Waals surface area contributed by atoms with Gasteiger partial charge in [-0.25, -0.2) is 0 Å². The predicted molar refractivity (Wildman–Crippen MR) is 107 cm³/mol. The van der Waals surface area contributed by atoms with Crippen LogP contribution in [0.4, 0.5) is 5.69 Å². The number of aryl methyl sites for hydroxylation is 1. The first kappa shape index (κ1) is 20.6. The molecule has 1 amide bonds. The largest absolute Gasteiger partial charge is 0.481 e. The standard InChI is InChI=1S/C21H31N3O4/c1-16-5-3-4-6-19(16)23-9-7-21(28,8-10-23)15-22-11-12-24(17(2)25)14-18(13-22)20(26)27/h3-6,18,28H,7-15H2,1-2H3,(H,26,27)/t18-/m0/s1. The normalized spacial score (nSPS) is 23.3. The van der Waals surface area contributed by atoms with Gasteiger partial charge in [0.25, 0.3) is 0 Å². The van der Waals surface area contributed by atoms with E-state index in [4.69, 9.17) is 0 Å². The average molecular weight is 389 g/mol. The lowest BCUT2D eigenvalue weighted by molar-refractivity contribution is -0.143. The van der Waals surface area contributed by atoms with Gasteiger partial charge in [0.2, 0.25) is 5.91 Å². The zero-order chi connectivity index (χ0) is 20.3. The Morgan fingerprint density at radius 2 is 1.79 bits per heavy atom.